The topological polar surface area (TPSA) is 83.6 Å². The molecule has 1 heterocycles. The van der Waals surface area contributed by atoms with E-state index < -0.39 is 11.9 Å². The molecule has 1 amide bonds. The van der Waals surface area contributed by atoms with E-state index in [2.05, 4.69) is 4.98 Å². The van der Waals surface area contributed by atoms with Crippen molar-refractivity contribution in [2.75, 3.05) is 13.6 Å². The standard InChI is InChI=1S/C15H16N2O4/c1-10(15(19)20)8-17(2)14(18)12-9-21-13(16-12)11-6-4-3-5-7-11/h3-7,9-10H,8H2,1-2H3,(H,19,20). The van der Waals surface area contributed by atoms with Crippen LogP contribution >= 0.6 is 0 Å². The predicted octanol–water partition coefficient (Wildman–Crippen LogP) is 2.13. The van der Waals surface area contributed by atoms with Gasteiger partial charge in [0.1, 0.15) is 6.26 Å². The first-order valence-corrected chi connectivity index (χ1v) is 6.48. The number of hydrogen-bond donors (Lipinski definition) is 1. The van der Waals surface area contributed by atoms with Crippen LogP contribution in [0, 0.1) is 5.92 Å². The van der Waals surface area contributed by atoms with Gasteiger partial charge in [-0.1, -0.05) is 25.1 Å². The maximum atomic E-state index is 12.2. The van der Waals surface area contributed by atoms with Crippen LogP contribution in [0.4, 0.5) is 0 Å². The van der Waals surface area contributed by atoms with Crippen molar-refractivity contribution in [2.24, 2.45) is 5.92 Å². The fourth-order valence-electron chi connectivity index (χ4n) is 1.85. The lowest BCUT2D eigenvalue weighted by Crippen LogP contribution is -2.33. The lowest BCUT2D eigenvalue weighted by Gasteiger charge is -2.17. The van der Waals surface area contributed by atoms with Crippen molar-refractivity contribution in [3.8, 4) is 11.5 Å². The lowest BCUT2D eigenvalue weighted by molar-refractivity contribution is -0.141. The first-order valence-electron chi connectivity index (χ1n) is 6.48. The van der Waals surface area contributed by atoms with Gasteiger partial charge < -0.3 is 14.4 Å². The zero-order valence-electron chi connectivity index (χ0n) is 11.8. The van der Waals surface area contributed by atoms with Gasteiger partial charge in [0.2, 0.25) is 5.89 Å². The molecule has 0 saturated heterocycles. The minimum absolute atomic E-state index is 0.113. The van der Waals surface area contributed by atoms with Gasteiger partial charge in [-0.05, 0) is 12.1 Å². The zero-order chi connectivity index (χ0) is 15.4. The van der Waals surface area contributed by atoms with Crippen molar-refractivity contribution in [1.29, 1.82) is 0 Å². The SMILES string of the molecule is CC(CN(C)C(=O)c1coc(-c2ccccc2)n1)C(=O)O. The van der Waals surface area contributed by atoms with E-state index in [9.17, 15) is 9.59 Å². The highest BCUT2D eigenvalue weighted by Crippen LogP contribution is 2.18. The Morgan fingerprint density at radius 3 is 2.62 bits per heavy atom. The molecule has 21 heavy (non-hydrogen) atoms. The molecule has 0 saturated carbocycles. The molecule has 2 aromatic rings. The van der Waals surface area contributed by atoms with Crippen LogP contribution in [0.15, 0.2) is 41.0 Å². The van der Waals surface area contributed by atoms with Gasteiger partial charge >= 0.3 is 5.97 Å². The summed E-state index contributed by atoms with van der Waals surface area (Å²) in [6.45, 7) is 1.66. The highest BCUT2D eigenvalue weighted by Gasteiger charge is 2.21. The maximum Gasteiger partial charge on any atom is 0.308 e. The molecular formula is C15H16N2O4. The normalized spacial score (nSPS) is 11.9. The largest absolute Gasteiger partial charge is 0.481 e. The van der Waals surface area contributed by atoms with Crippen molar-refractivity contribution in [3.63, 3.8) is 0 Å². The summed E-state index contributed by atoms with van der Waals surface area (Å²) in [4.78, 5) is 28.4. The molecule has 1 N–H and O–H groups in total. The van der Waals surface area contributed by atoms with Gasteiger partial charge in [0.25, 0.3) is 5.91 Å². The van der Waals surface area contributed by atoms with Crippen LogP contribution in [-0.2, 0) is 4.79 Å². The fourth-order valence-corrected chi connectivity index (χ4v) is 1.85. The molecule has 1 unspecified atom stereocenters. The second kappa shape index (κ2) is 6.21. The van der Waals surface area contributed by atoms with Gasteiger partial charge in [0.15, 0.2) is 5.69 Å². The summed E-state index contributed by atoms with van der Waals surface area (Å²) in [5.41, 5.74) is 0.937. The number of carboxylic acid groups (broad SMARTS) is 1. The minimum atomic E-state index is -0.945. The summed E-state index contributed by atoms with van der Waals surface area (Å²) in [7, 11) is 1.54. The average Bonchev–Trinajstić information content (AvgIpc) is 2.96. The molecule has 110 valence electrons. The number of carbonyl (C=O) groups excluding carboxylic acids is 1. The van der Waals surface area contributed by atoms with E-state index >= 15 is 0 Å². The van der Waals surface area contributed by atoms with Gasteiger partial charge in [0, 0.05) is 19.2 Å². The molecule has 0 aliphatic rings. The third-order valence-electron chi connectivity index (χ3n) is 3.06. The van der Waals surface area contributed by atoms with Crippen molar-refractivity contribution < 1.29 is 19.1 Å². The van der Waals surface area contributed by atoms with Crippen molar-refractivity contribution in [1.82, 2.24) is 9.88 Å². The molecule has 0 aliphatic heterocycles. The number of rotatable bonds is 5. The molecule has 1 aromatic heterocycles. The molecule has 2 rings (SSSR count). The molecule has 6 heteroatoms. The Morgan fingerprint density at radius 1 is 1.33 bits per heavy atom. The zero-order valence-corrected chi connectivity index (χ0v) is 11.8. The average molecular weight is 288 g/mol. The van der Waals surface area contributed by atoms with E-state index in [0.29, 0.717) is 5.89 Å². The van der Waals surface area contributed by atoms with E-state index in [4.69, 9.17) is 9.52 Å². The maximum absolute atomic E-state index is 12.2. The highest BCUT2D eigenvalue weighted by atomic mass is 16.4. The number of oxazole rings is 1. The van der Waals surface area contributed by atoms with Crippen LogP contribution < -0.4 is 0 Å². The minimum Gasteiger partial charge on any atom is -0.481 e. The third kappa shape index (κ3) is 3.47. The Labute approximate surface area is 122 Å². The Bertz CT molecular complexity index is 636. The first kappa shape index (κ1) is 14.8. The monoisotopic (exact) mass is 288 g/mol. The smallest absolute Gasteiger partial charge is 0.308 e. The van der Waals surface area contributed by atoms with Gasteiger partial charge in [-0.25, -0.2) is 4.98 Å². The van der Waals surface area contributed by atoms with Crippen LogP contribution in [0.25, 0.3) is 11.5 Å². The summed E-state index contributed by atoms with van der Waals surface area (Å²) >= 11 is 0. The van der Waals surface area contributed by atoms with Crippen molar-refractivity contribution in [2.45, 2.75) is 6.92 Å². The summed E-state index contributed by atoms with van der Waals surface area (Å²) < 4.78 is 5.30. The number of hydrogen-bond acceptors (Lipinski definition) is 4. The van der Waals surface area contributed by atoms with Gasteiger partial charge in [-0.15, -0.1) is 0 Å². The Balaban J connectivity index is 2.10. The summed E-state index contributed by atoms with van der Waals surface area (Å²) in [5.74, 6) is -1.59. The Kier molecular flexibility index (Phi) is 4.37. The lowest BCUT2D eigenvalue weighted by atomic mass is 10.2. The van der Waals surface area contributed by atoms with Crippen LogP contribution in [0.3, 0.4) is 0 Å². The van der Waals surface area contributed by atoms with Gasteiger partial charge in [-0.2, -0.15) is 0 Å². The van der Waals surface area contributed by atoms with E-state index in [-0.39, 0.29) is 18.1 Å². The molecular weight excluding hydrogens is 272 g/mol. The van der Waals surface area contributed by atoms with Crippen molar-refractivity contribution in [3.05, 3.63) is 42.3 Å². The number of nitrogens with zero attached hydrogens (tertiary/aromatic N) is 2. The van der Waals surface area contributed by atoms with Crippen molar-refractivity contribution >= 4 is 11.9 Å². The summed E-state index contributed by atoms with van der Waals surface area (Å²) in [6, 6.07) is 9.23. The second-order valence-corrected chi connectivity index (χ2v) is 4.83. The number of aliphatic carboxylic acids is 1. The number of aromatic nitrogens is 1. The molecule has 0 radical (unpaired) electrons. The van der Waals surface area contributed by atoms with Gasteiger partial charge in [0.05, 0.1) is 5.92 Å². The molecule has 1 atom stereocenters. The number of carbonyl (C=O) groups is 2. The number of amides is 1. The highest BCUT2D eigenvalue weighted by molar-refractivity contribution is 5.92. The number of carboxylic acids is 1. The molecule has 6 nitrogen and oxygen atoms in total. The molecule has 0 fully saturated rings. The number of benzene rings is 1. The quantitative estimate of drug-likeness (QED) is 0.911. The molecule has 1 aromatic carbocycles. The van der Waals surface area contributed by atoms with E-state index in [0.717, 1.165) is 5.56 Å². The predicted molar refractivity (Wildman–Crippen MR) is 75.7 cm³/mol. The summed E-state index contributed by atoms with van der Waals surface area (Å²) in [5, 5.41) is 8.86. The molecule has 0 aliphatic carbocycles. The van der Waals surface area contributed by atoms with Gasteiger partial charge in [-0.3, -0.25) is 9.59 Å². The van der Waals surface area contributed by atoms with Crippen LogP contribution in [0.1, 0.15) is 17.4 Å². The van der Waals surface area contributed by atoms with Crippen LogP contribution in [0.5, 0.6) is 0 Å². The van der Waals surface area contributed by atoms with E-state index in [1.165, 1.54) is 11.2 Å². The third-order valence-corrected chi connectivity index (χ3v) is 3.06. The van der Waals surface area contributed by atoms with E-state index in [1.807, 2.05) is 30.3 Å². The second-order valence-electron chi connectivity index (χ2n) is 4.83. The van der Waals surface area contributed by atoms with Crippen LogP contribution in [0.2, 0.25) is 0 Å². The molecule has 0 spiro atoms. The summed E-state index contributed by atoms with van der Waals surface area (Å²) in [6.07, 6.45) is 1.28. The fraction of sp³-hybridized carbons (Fsp3) is 0.267. The van der Waals surface area contributed by atoms with Crippen LogP contribution in [-0.4, -0.2) is 40.5 Å². The Morgan fingerprint density at radius 2 is 2.00 bits per heavy atom. The van der Waals surface area contributed by atoms with E-state index in [1.54, 1.807) is 14.0 Å². The first-order chi connectivity index (χ1) is 9.99. The Hall–Kier alpha value is -2.63. The molecule has 0 bridgehead atoms.